The van der Waals surface area contributed by atoms with E-state index in [9.17, 15) is 4.79 Å². The van der Waals surface area contributed by atoms with Gasteiger partial charge in [0, 0.05) is 0 Å². The van der Waals surface area contributed by atoms with E-state index in [1.54, 1.807) is 0 Å². The largest absolute Gasteiger partial charge is 0.464 e. The number of carbonyl (C=O) groups is 1. The maximum atomic E-state index is 11.2. The zero-order valence-electron chi connectivity index (χ0n) is 8.58. The molecule has 0 rings (SSSR count). The Hall–Kier alpha value is -0.860. The first-order valence-electron chi connectivity index (χ1n) is 4.88. The van der Waals surface area contributed by atoms with E-state index in [0.29, 0.717) is 13.0 Å². The second-order valence-electron chi connectivity index (χ2n) is 2.98. The second kappa shape index (κ2) is 7.77. The number of rotatable bonds is 7. The van der Waals surface area contributed by atoms with E-state index in [4.69, 9.17) is 4.74 Å². The minimum atomic E-state index is -0.373. The molecule has 0 aromatic rings. The number of aliphatic imine (C=N–C) groups is 1. The van der Waals surface area contributed by atoms with Gasteiger partial charge in [-0.2, -0.15) is 0 Å². The molecule has 0 saturated carbocycles. The van der Waals surface area contributed by atoms with Gasteiger partial charge in [-0.25, -0.2) is 4.79 Å². The van der Waals surface area contributed by atoms with Gasteiger partial charge in [0.05, 0.1) is 6.61 Å². The molecule has 0 amide bonds. The van der Waals surface area contributed by atoms with Crippen molar-refractivity contribution < 1.29 is 9.53 Å². The molecule has 0 heterocycles. The Morgan fingerprint density at radius 2 is 2.15 bits per heavy atom. The highest BCUT2D eigenvalue weighted by Crippen LogP contribution is 2.01. The van der Waals surface area contributed by atoms with Gasteiger partial charge in [-0.05, 0) is 19.6 Å². The van der Waals surface area contributed by atoms with E-state index in [2.05, 4.69) is 18.6 Å². The zero-order valence-corrected chi connectivity index (χ0v) is 8.58. The standard InChI is InChI=1S/C10H19NO2/c1-4-6-7-8-13-10(12)9(5-2)11-3/h9H,3-8H2,1-2H3/t9-/m1/s1. The molecule has 0 bridgehead atoms. The predicted octanol–water partition coefficient (Wildman–Crippen LogP) is 2.20. The molecule has 0 aromatic heterocycles. The fourth-order valence-electron chi connectivity index (χ4n) is 0.991. The zero-order chi connectivity index (χ0) is 10.1. The lowest BCUT2D eigenvalue weighted by atomic mass is 10.2. The molecule has 13 heavy (non-hydrogen) atoms. The minimum absolute atomic E-state index is 0.242. The molecule has 0 radical (unpaired) electrons. The molecule has 0 fully saturated rings. The normalized spacial score (nSPS) is 12.2. The Morgan fingerprint density at radius 1 is 1.46 bits per heavy atom. The van der Waals surface area contributed by atoms with Crippen molar-refractivity contribution in [2.24, 2.45) is 4.99 Å². The predicted molar refractivity (Wildman–Crippen MR) is 54.1 cm³/mol. The Labute approximate surface area is 80.2 Å². The van der Waals surface area contributed by atoms with Crippen LogP contribution in [0.3, 0.4) is 0 Å². The molecule has 0 aromatic carbocycles. The molecule has 0 N–H and O–H groups in total. The number of carbonyl (C=O) groups excluding carboxylic acids is 1. The number of hydrogen-bond acceptors (Lipinski definition) is 3. The third kappa shape index (κ3) is 5.39. The van der Waals surface area contributed by atoms with Crippen LogP contribution < -0.4 is 0 Å². The van der Waals surface area contributed by atoms with Crippen molar-refractivity contribution in [2.45, 2.75) is 45.6 Å². The van der Waals surface area contributed by atoms with Gasteiger partial charge in [-0.1, -0.05) is 26.7 Å². The Morgan fingerprint density at radius 3 is 2.62 bits per heavy atom. The van der Waals surface area contributed by atoms with Crippen molar-refractivity contribution in [3.63, 3.8) is 0 Å². The highest BCUT2D eigenvalue weighted by Gasteiger charge is 2.14. The maximum absolute atomic E-state index is 11.2. The smallest absolute Gasteiger partial charge is 0.330 e. The first kappa shape index (κ1) is 12.1. The molecule has 3 nitrogen and oxygen atoms in total. The van der Waals surface area contributed by atoms with Crippen LogP contribution in [0.15, 0.2) is 4.99 Å². The van der Waals surface area contributed by atoms with E-state index in [-0.39, 0.29) is 12.0 Å². The molecular weight excluding hydrogens is 166 g/mol. The third-order valence-electron chi connectivity index (χ3n) is 1.87. The number of ether oxygens (including phenoxy) is 1. The SMILES string of the molecule is C=N[C@H](CC)C(=O)OCCCCC. The lowest BCUT2D eigenvalue weighted by molar-refractivity contribution is -0.145. The average Bonchev–Trinajstić information content (AvgIpc) is 2.14. The summed E-state index contributed by atoms with van der Waals surface area (Å²) in [4.78, 5) is 14.9. The van der Waals surface area contributed by atoms with E-state index in [0.717, 1.165) is 19.3 Å². The Kier molecular flexibility index (Phi) is 7.26. The van der Waals surface area contributed by atoms with Crippen LogP contribution in [0.25, 0.3) is 0 Å². The Bertz CT molecular complexity index is 157. The van der Waals surface area contributed by atoms with Crippen molar-refractivity contribution in [3.05, 3.63) is 0 Å². The maximum Gasteiger partial charge on any atom is 0.330 e. The van der Waals surface area contributed by atoms with Crippen molar-refractivity contribution in [1.29, 1.82) is 0 Å². The van der Waals surface area contributed by atoms with Gasteiger partial charge in [0.15, 0.2) is 0 Å². The molecule has 1 atom stereocenters. The summed E-state index contributed by atoms with van der Waals surface area (Å²) in [6, 6.07) is -0.373. The lowest BCUT2D eigenvalue weighted by Crippen LogP contribution is -2.20. The van der Waals surface area contributed by atoms with E-state index in [1.807, 2.05) is 6.92 Å². The van der Waals surface area contributed by atoms with Crippen molar-refractivity contribution >= 4 is 12.7 Å². The van der Waals surface area contributed by atoms with Crippen LogP contribution in [0.2, 0.25) is 0 Å². The van der Waals surface area contributed by atoms with Crippen LogP contribution in [0.4, 0.5) is 0 Å². The van der Waals surface area contributed by atoms with Gasteiger partial charge in [0.25, 0.3) is 0 Å². The quantitative estimate of drug-likeness (QED) is 0.346. The summed E-state index contributed by atoms with van der Waals surface area (Å²) in [7, 11) is 0. The van der Waals surface area contributed by atoms with Gasteiger partial charge in [0.2, 0.25) is 0 Å². The number of nitrogens with zero attached hydrogens (tertiary/aromatic N) is 1. The van der Waals surface area contributed by atoms with Crippen molar-refractivity contribution in [1.82, 2.24) is 0 Å². The van der Waals surface area contributed by atoms with Gasteiger partial charge < -0.3 is 4.74 Å². The monoisotopic (exact) mass is 185 g/mol. The molecular formula is C10H19NO2. The summed E-state index contributed by atoms with van der Waals surface area (Å²) in [6.45, 7) is 7.87. The van der Waals surface area contributed by atoms with Crippen LogP contribution in [0.1, 0.15) is 39.5 Å². The van der Waals surface area contributed by atoms with Crippen LogP contribution >= 0.6 is 0 Å². The molecule has 0 aliphatic rings. The van der Waals surface area contributed by atoms with E-state index >= 15 is 0 Å². The third-order valence-corrected chi connectivity index (χ3v) is 1.87. The molecule has 3 heteroatoms. The topological polar surface area (TPSA) is 38.7 Å². The highest BCUT2D eigenvalue weighted by molar-refractivity contribution is 5.76. The summed E-state index contributed by atoms with van der Waals surface area (Å²) in [5.74, 6) is -0.242. The van der Waals surface area contributed by atoms with E-state index < -0.39 is 0 Å². The first-order valence-corrected chi connectivity index (χ1v) is 4.88. The molecule has 0 spiro atoms. The molecule has 0 saturated heterocycles. The lowest BCUT2D eigenvalue weighted by Gasteiger charge is -2.08. The molecule has 0 aliphatic carbocycles. The summed E-state index contributed by atoms with van der Waals surface area (Å²) in [6.07, 6.45) is 3.84. The summed E-state index contributed by atoms with van der Waals surface area (Å²) in [5, 5.41) is 0. The summed E-state index contributed by atoms with van der Waals surface area (Å²) >= 11 is 0. The highest BCUT2D eigenvalue weighted by atomic mass is 16.5. The van der Waals surface area contributed by atoms with Crippen LogP contribution in [0.5, 0.6) is 0 Å². The van der Waals surface area contributed by atoms with Gasteiger partial charge in [-0.3, -0.25) is 4.99 Å². The minimum Gasteiger partial charge on any atom is -0.464 e. The van der Waals surface area contributed by atoms with Crippen LogP contribution in [-0.4, -0.2) is 25.3 Å². The fourth-order valence-corrected chi connectivity index (χ4v) is 0.991. The van der Waals surface area contributed by atoms with Gasteiger partial charge >= 0.3 is 5.97 Å². The van der Waals surface area contributed by atoms with Crippen molar-refractivity contribution in [2.75, 3.05) is 6.61 Å². The summed E-state index contributed by atoms with van der Waals surface area (Å²) in [5.41, 5.74) is 0. The van der Waals surface area contributed by atoms with E-state index in [1.165, 1.54) is 0 Å². The van der Waals surface area contributed by atoms with Gasteiger partial charge in [-0.15, -0.1) is 0 Å². The fraction of sp³-hybridized carbons (Fsp3) is 0.800. The molecule has 0 unspecified atom stereocenters. The van der Waals surface area contributed by atoms with Crippen LogP contribution in [-0.2, 0) is 9.53 Å². The summed E-state index contributed by atoms with van der Waals surface area (Å²) < 4.78 is 5.02. The van der Waals surface area contributed by atoms with Crippen LogP contribution in [0, 0.1) is 0 Å². The molecule has 0 aliphatic heterocycles. The number of unbranched alkanes of at least 4 members (excludes halogenated alkanes) is 2. The number of esters is 1. The van der Waals surface area contributed by atoms with Crippen molar-refractivity contribution in [3.8, 4) is 0 Å². The average molecular weight is 185 g/mol. The van der Waals surface area contributed by atoms with Gasteiger partial charge in [0.1, 0.15) is 6.04 Å². The first-order chi connectivity index (χ1) is 6.26. The molecule has 76 valence electrons. The Balaban J connectivity index is 3.54. The number of hydrogen-bond donors (Lipinski definition) is 0. The second-order valence-corrected chi connectivity index (χ2v) is 2.98.